The number of fused-ring (bicyclic) bond motifs is 1. The Kier molecular flexibility index (Phi) is 3.58. The van der Waals surface area contributed by atoms with Crippen LogP contribution in [-0.4, -0.2) is 18.2 Å². The third-order valence-electron chi connectivity index (χ3n) is 4.49. The van der Waals surface area contributed by atoms with Crippen LogP contribution in [0, 0.1) is 5.82 Å². The van der Waals surface area contributed by atoms with Crippen molar-refractivity contribution in [3.8, 4) is 16.9 Å². The number of halogens is 1. The van der Waals surface area contributed by atoms with Crippen LogP contribution in [0.3, 0.4) is 0 Å². The number of phenolic OH excluding ortho intramolecular Hbond substituents is 1. The predicted octanol–water partition coefficient (Wildman–Crippen LogP) is 3.38. The fraction of sp³-hybridized carbons (Fsp3) is 0.211. The number of rotatable bonds is 2. The lowest BCUT2D eigenvalue weighted by Gasteiger charge is -2.15. The van der Waals surface area contributed by atoms with E-state index in [4.69, 9.17) is 4.42 Å². The fourth-order valence-corrected chi connectivity index (χ4v) is 3.30. The van der Waals surface area contributed by atoms with Gasteiger partial charge in [-0.1, -0.05) is 18.2 Å². The maximum atomic E-state index is 13.3. The first-order chi connectivity index (χ1) is 11.6. The monoisotopic (exact) mass is 325 g/mol. The van der Waals surface area contributed by atoms with Crippen molar-refractivity contribution in [2.75, 3.05) is 13.1 Å². The lowest BCUT2D eigenvalue weighted by Crippen LogP contribution is -2.14. The second-order valence-electron chi connectivity index (χ2n) is 6.02. The molecule has 2 heterocycles. The molecule has 0 spiro atoms. The summed E-state index contributed by atoms with van der Waals surface area (Å²) in [6.07, 6.45) is 0.863. The highest BCUT2D eigenvalue weighted by Gasteiger charge is 2.26. The van der Waals surface area contributed by atoms with Crippen LogP contribution in [-0.2, 0) is 0 Å². The van der Waals surface area contributed by atoms with Crippen molar-refractivity contribution in [2.24, 2.45) is 0 Å². The van der Waals surface area contributed by atoms with Crippen molar-refractivity contribution in [3.63, 3.8) is 0 Å². The minimum atomic E-state index is -0.365. The SMILES string of the molecule is O=c1c(-c2ccc(F)cc2)c(C2CCNC2)oc2cccc(O)c12. The second-order valence-corrected chi connectivity index (χ2v) is 6.02. The quantitative estimate of drug-likeness (QED) is 0.758. The lowest BCUT2D eigenvalue weighted by atomic mass is 9.94. The summed E-state index contributed by atoms with van der Waals surface area (Å²) >= 11 is 0. The molecule has 1 saturated heterocycles. The molecular formula is C19H16FNO3. The van der Waals surface area contributed by atoms with Gasteiger partial charge in [-0.15, -0.1) is 0 Å². The Bertz CT molecular complexity index is 957. The van der Waals surface area contributed by atoms with E-state index in [0.717, 1.165) is 19.5 Å². The molecule has 2 N–H and O–H groups in total. The van der Waals surface area contributed by atoms with Gasteiger partial charge in [0.25, 0.3) is 0 Å². The number of benzene rings is 2. The number of phenols is 1. The summed E-state index contributed by atoms with van der Waals surface area (Å²) in [5.41, 5.74) is 1.07. The molecule has 0 saturated carbocycles. The average molecular weight is 325 g/mol. The standard InChI is InChI=1S/C19H16FNO3/c20-13-6-4-11(5-7-13)16-18(23)17-14(22)2-1-3-15(17)24-19(16)12-8-9-21-10-12/h1-7,12,21-22H,8-10H2. The first-order valence-corrected chi connectivity index (χ1v) is 7.90. The van der Waals surface area contributed by atoms with Gasteiger partial charge in [0.1, 0.15) is 28.3 Å². The highest BCUT2D eigenvalue weighted by atomic mass is 19.1. The van der Waals surface area contributed by atoms with E-state index in [2.05, 4.69) is 5.32 Å². The molecule has 1 aromatic heterocycles. The molecule has 4 nitrogen and oxygen atoms in total. The molecular weight excluding hydrogens is 309 g/mol. The molecule has 0 amide bonds. The summed E-state index contributed by atoms with van der Waals surface area (Å²) in [6.45, 7) is 1.58. The highest BCUT2D eigenvalue weighted by molar-refractivity contribution is 5.87. The van der Waals surface area contributed by atoms with Crippen molar-refractivity contribution in [3.05, 3.63) is 64.3 Å². The fourth-order valence-electron chi connectivity index (χ4n) is 3.30. The zero-order valence-electron chi connectivity index (χ0n) is 12.9. The van der Waals surface area contributed by atoms with E-state index in [1.54, 1.807) is 24.3 Å². The Morgan fingerprint density at radius 2 is 1.96 bits per heavy atom. The molecule has 2 aromatic carbocycles. The van der Waals surface area contributed by atoms with Gasteiger partial charge in [0.15, 0.2) is 0 Å². The summed E-state index contributed by atoms with van der Waals surface area (Å²) in [5.74, 6) is 0.191. The average Bonchev–Trinajstić information content (AvgIpc) is 3.10. The van der Waals surface area contributed by atoms with Crippen molar-refractivity contribution >= 4 is 11.0 Å². The molecule has 122 valence electrons. The minimum absolute atomic E-state index is 0.0736. The topological polar surface area (TPSA) is 62.5 Å². The predicted molar refractivity (Wildman–Crippen MR) is 89.8 cm³/mol. The summed E-state index contributed by atoms with van der Waals surface area (Å²) in [6, 6.07) is 10.6. The van der Waals surface area contributed by atoms with Gasteiger partial charge in [-0.3, -0.25) is 4.79 Å². The first kappa shape index (κ1) is 14.9. The maximum absolute atomic E-state index is 13.3. The first-order valence-electron chi connectivity index (χ1n) is 7.90. The van der Waals surface area contributed by atoms with Crippen molar-refractivity contribution in [1.82, 2.24) is 5.32 Å². The van der Waals surface area contributed by atoms with Gasteiger partial charge in [-0.05, 0) is 42.8 Å². The summed E-state index contributed by atoms with van der Waals surface area (Å²) in [7, 11) is 0. The van der Waals surface area contributed by atoms with Gasteiger partial charge in [0.05, 0.1) is 5.56 Å². The third-order valence-corrected chi connectivity index (χ3v) is 4.49. The Balaban J connectivity index is 2.06. The molecule has 3 aromatic rings. The summed E-state index contributed by atoms with van der Waals surface area (Å²) in [5, 5.41) is 13.5. The number of hydrogen-bond acceptors (Lipinski definition) is 4. The molecule has 1 atom stereocenters. The van der Waals surface area contributed by atoms with E-state index in [0.29, 0.717) is 22.5 Å². The number of aromatic hydroxyl groups is 1. The zero-order chi connectivity index (χ0) is 16.7. The Morgan fingerprint density at radius 3 is 2.67 bits per heavy atom. The van der Waals surface area contributed by atoms with Crippen LogP contribution in [0.5, 0.6) is 5.75 Å². The molecule has 1 aliphatic heterocycles. The zero-order valence-corrected chi connectivity index (χ0v) is 12.9. The Morgan fingerprint density at radius 1 is 1.17 bits per heavy atom. The molecule has 0 aliphatic carbocycles. The van der Waals surface area contributed by atoms with E-state index < -0.39 is 0 Å². The number of nitrogens with one attached hydrogen (secondary N) is 1. The molecule has 0 bridgehead atoms. The largest absolute Gasteiger partial charge is 0.507 e. The van der Waals surface area contributed by atoms with Crippen LogP contribution in [0.1, 0.15) is 18.1 Å². The van der Waals surface area contributed by atoms with Gasteiger partial charge in [-0.2, -0.15) is 0 Å². The van der Waals surface area contributed by atoms with E-state index in [-0.39, 0.29) is 28.3 Å². The van der Waals surface area contributed by atoms with Gasteiger partial charge in [0.2, 0.25) is 5.43 Å². The van der Waals surface area contributed by atoms with E-state index >= 15 is 0 Å². The molecule has 1 unspecified atom stereocenters. The van der Waals surface area contributed by atoms with Crippen LogP contribution in [0.4, 0.5) is 4.39 Å². The Hall–Kier alpha value is -2.66. The number of hydrogen-bond donors (Lipinski definition) is 2. The second kappa shape index (κ2) is 5.76. The molecule has 24 heavy (non-hydrogen) atoms. The highest BCUT2D eigenvalue weighted by Crippen LogP contribution is 2.34. The van der Waals surface area contributed by atoms with Crippen LogP contribution in [0.2, 0.25) is 0 Å². The van der Waals surface area contributed by atoms with Gasteiger partial charge >= 0.3 is 0 Å². The van der Waals surface area contributed by atoms with Gasteiger partial charge < -0.3 is 14.8 Å². The van der Waals surface area contributed by atoms with Gasteiger partial charge in [-0.25, -0.2) is 4.39 Å². The molecule has 4 rings (SSSR count). The minimum Gasteiger partial charge on any atom is -0.507 e. The summed E-state index contributed by atoms with van der Waals surface area (Å²) in [4.78, 5) is 13.1. The van der Waals surface area contributed by atoms with E-state index in [9.17, 15) is 14.3 Å². The molecule has 0 radical (unpaired) electrons. The third kappa shape index (κ3) is 2.37. The smallest absolute Gasteiger partial charge is 0.204 e. The summed E-state index contributed by atoms with van der Waals surface area (Å²) < 4.78 is 19.3. The van der Waals surface area contributed by atoms with Crippen LogP contribution in [0.25, 0.3) is 22.1 Å². The van der Waals surface area contributed by atoms with Crippen LogP contribution in [0.15, 0.2) is 51.7 Å². The van der Waals surface area contributed by atoms with Crippen molar-refractivity contribution in [1.29, 1.82) is 0 Å². The maximum Gasteiger partial charge on any atom is 0.204 e. The van der Waals surface area contributed by atoms with Gasteiger partial charge in [0, 0.05) is 12.5 Å². The molecule has 1 aliphatic rings. The van der Waals surface area contributed by atoms with Crippen molar-refractivity contribution in [2.45, 2.75) is 12.3 Å². The lowest BCUT2D eigenvalue weighted by molar-refractivity contribution is 0.473. The molecule has 5 heteroatoms. The Labute approximate surface area is 137 Å². The normalized spacial score (nSPS) is 17.5. The van der Waals surface area contributed by atoms with E-state index in [1.165, 1.54) is 18.2 Å². The van der Waals surface area contributed by atoms with Crippen molar-refractivity contribution < 1.29 is 13.9 Å². The molecule has 1 fully saturated rings. The van der Waals surface area contributed by atoms with Crippen LogP contribution >= 0.6 is 0 Å². The van der Waals surface area contributed by atoms with E-state index in [1.807, 2.05) is 0 Å². The van der Waals surface area contributed by atoms with Crippen LogP contribution < -0.4 is 10.7 Å².